The maximum Gasteiger partial charge on any atom is 0.146 e. The Morgan fingerprint density at radius 1 is 1.42 bits per heavy atom. The number of aldehydes is 1. The Hall–Kier alpha value is -0.350. The van der Waals surface area contributed by atoms with Gasteiger partial charge >= 0.3 is 0 Å². The lowest BCUT2D eigenvalue weighted by molar-refractivity contribution is -0.108. The highest BCUT2D eigenvalue weighted by atomic mass is 32.2. The highest BCUT2D eigenvalue weighted by Crippen LogP contribution is 2.29. The molecule has 0 unspecified atom stereocenters. The van der Waals surface area contributed by atoms with E-state index in [2.05, 4.69) is 25.3 Å². The van der Waals surface area contributed by atoms with E-state index in [0.29, 0.717) is 13.0 Å². The van der Waals surface area contributed by atoms with Crippen molar-refractivity contribution < 1.29 is 4.79 Å². The monoisotopic (exact) mass is 201 g/mol. The summed E-state index contributed by atoms with van der Waals surface area (Å²) in [4.78, 5) is 12.0. The van der Waals surface area contributed by atoms with Gasteiger partial charge in [-0.2, -0.15) is 0 Å². The first-order valence-electron chi connectivity index (χ1n) is 3.68. The van der Waals surface area contributed by atoms with Gasteiger partial charge < -0.3 is 9.69 Å². The fraction of sp³-hybridized carbons (Fsp3) is 0.375. The fourth-order valence-corrected chi connectivity index (χ4v) is 1.48. The highest BCUT2D eigenvalue weighted by Gasteiger charge is 2.23. The van der Waals surface area contributed by atoms with Crippen molar-refractivity contribution in [3.8, 4) is 0 Å². The SMILES string of the molecule is O=CCCN1C=CC=CC1(S)S. The number of carbonyl (C=O) groups is 1. The lowest BCUT2D eigenvalue weighted by atomic mass is 10.3. The molecule has 0 spiro atoms. The van der Waals surface area contributed by atoms with Crippen LogP contribution in [-0.4, -0.2) is 21.9 Å². The Bertz CT molecular complexity index is 223. The molecule has 0 aromatic heterocycles. The number of hydrogen-bond donors (Lipinski definition) is 2. The molecule has 1 aliphatic heterocycles. The van der Waals surface area contributed by atoms with E-state index >= 15 is 0 Å². The molecule has 1 rings (SSSR count). The lowest BCUT2D eigenvalue weighted by Gasteiger charge is -2.34. The summed E-state index contributed by atoms with van der Waals surface area (Å²) in [6, 6.07) is 0. The Morgan fingerprint density at radius 3 is 2.75 bits per heavy atom. The number of allylic oxidation sites excluding steroid dienone is 2. The molecule has 0 amide bonds. The van der Waals surface area contributed by atoms with Crippen LogP contribution in [0.1, 0.15) is 6.42 Å². The minimum atomic E-state index is -0.558. The van der Waals surface area contributed by atoms with E-state index in [4.69, 9.17) is 0 Å². The van der Waals surface area contributed by atoms with Crippen molar-refractivity contribution >= 4 is 31.5 Å². The van der Waals surface area contributed by atoms with Crippen LogP contribution in [-0.2, 0) is 4.79 Å². The summed E-state index contributed by atoms with van der Waals surface area (Å²) in [5.74, 6) is 0. The summed E-state index contributed by atoms with van der Waals surface area (Å²) in [6.07, 6.45) is 8.92. The van der Waals surface area contributed by atoms with Crippen LogP contribution >= 0.6 is 25.3 Å². The average Bonchev–Trinajstić information content (AvgIpc) is 2.02. The first-order chi connectivity index (χ1) is 5.67. The maximum atomic E-state index is 10.1. The van der Waals surface area contributed by atoms with Gasteiger partial charge in [0.25, 0.3) is 0 Å². The molecule has 1 heterocycles. The van der Waals surface area contributed by atoms with Gasteiger partial charge in [0, 0.05) is 19.2 Å². The Balaban J connectivity index is 2.57. The second kappa shape index (κ2) is 4.05. The molecule has 0 radical (unpaired) electrons. The molecular formula is C8H11NOS2. The topological polar surface area (TPSA) is 20.3 Å². The first-order valence-corrected chi connectivity index (χ1v) is 4.57. The van der Waals surface area contributed by atoms with Crippen LogP contribution in [0.15, 0.2) is 24.4 Å². The summed E-state index contributed by atoms with van der Waals surface area (Å²) >= 11 is 8.64. The van der Waals surface area contributed by atoms with Gasteiger partial charge in [0.1, 0.15) is 10.5 Å². The van der Waals surface area contributed by atoms with Gasteiger partial charge in [0.05, 0.1) is 0 Å². The van der Waals surface area contributed by atoms with Gasteiger partial charge in [-0.05, 0) is 12.2 Å². The van der Waals surface area contributed by atoms with E-state index in [9.17, 15) is 4.79 Å². The Morgan fingerprint density at radius 2 is 2.17 bits per heavy atom. The molecule has 0 saturated heterocycles. The smallest absolute Gasteiger partial charge is 0.146 e. The van der Waals surface area contributed by atoms with Crippen molar-refractivity contribution in [2.24, 2.45) is 0 Å². The summed E-state index contributed by atoms with van der Waals surface area (Å²) in [5, 5.41) is 0. The number of nitrogens with zero attached hydrogens (tertiary/aromatic N) is 1. The molecule has 0 bridgehead atoms. The van der Waals surface area contributed by atoms with Gasteiger partial charge in [0.2, 0.25) is 0 Å². The zero-order valence-corrected chi connectivity index (χ0v) is 8.34. The first kappa shape index (κ1) is 9.74. The maximum absolute atomic E-state index is 10.1. The number of carbonyl (C=O) groups excluding carboxylic acids is 1. The van der Waals surface area contributed by atoms with Crippen LogP contribution in [0.5, 0.6) is 0 Å². The quantitative estimate of drug-likeness (QED) is 0.410. The molecule has 66 valence electrons. The van der Waals surface area contributed by atoms with E-state index in [1.165, 1.54) is 0 Å². The minimum absolute atomic E-state index is 0.501. The van der Waals surface area contributed by atoms with E-state index < -0.39 is 4.20 Å². The molecule has 0 aromatic rings. The third kappa shape index (κ3) is 2.32. The fourth-order valence-electron chi connectivity index (χ4n) is 0.975. The van der Waals surface area contributed by atoms with Crippen LogP contribution in [0.3, 0.4) is 0 Å². The third-order valence-corrected chi connectivity index (χ3v) is 2.42. The molecule has 1 aliphatic rings. The van der Waals surface area contributed by atoms with Crippen molar-refractivity contribution in [2.45, 2.75) is 10.6 Å². The molecule has 0 N–H and O–H groups in total. The lowest BCUT2D eigenvalue weighted by Crippen LogP contribution is -2.36. The molecule has 0 aromatic carbocycles. The van der Waals surface area contributed by atoms with Crippen molar-refractivity contribution in [1.82, 2.24) is 4.90 Å². The number of thiol groups is 2. The van der Waals surface area contributed by atoms with Crippen molar-refractivity contribution in [1.29, 1.82) is 0 Å². The molecule has 2 nitrogen and oxygen atoms in total. The van der Waals surface area contributed by atoms with Gasteiger partial charge in [-0.3, -0.25) is 0 Å². The van der Waals surface area contributed by atoms with Crippen molar-refractivity contribution in [3.05, 3.63) is 24.4 Å². The van der Waals surface area contributed by atoms with E-state index in [1.807, 2.05) is 29.3 Å². The van der Waals surface area contributed by atoms with Gasteiger partial charge in [-0.15, -0.1) is 25.3 Å². The van der Waals surface area contributed by atoms with Crippen LogP contribution < -0.4 is 0 Å². The molecule has 4 heteroatoms. The average molecular weight is 201 g/mol. The molecule has 0 fully saturated rings. The van der Waals surface area contributed by atoms with Gasteiger partial charge in [-0.1, -0.05) is 6.08 Å². The normalized spacial score (nSPS) is 19.7. The Kier molecular flexibility index (Phi) is 3.29. The standard InChI is InChI=1S/C8H11NOS2/c10-7-3-6-9-5-2-1-4-8(9,11)12/h1-2,4-5,7,11-12H,3,6H2. The van der Waals surface area contributed by atoms with E-state index in [1.54, 1.807) is 0 Å². The molecule has 0 saturated carbocycles. The third-order valence-electron chi connectivity index (χ3n) is 1.61. The molecule has 12 heavy (non-hydrogen) atoms. The zero-order valence-electron chi connectivity index (χ0n) is 6.55. The van der Waals surface area contributed by atoms with Crippen molar-refractivity contribution in [3.63, 3.8) is 0 Å². The van der Waals surface area contributed by atoms with E-state index in [0.717, 1.165) is 6.29 Å². The number of rotatable bonds is 3. The predicted octanol–water partition coefficient (Wildman–Crippen LogP) is 1.47. The summed E-state index contributed by atoms with van der Waals surface area (Å²) in [5.41, 5.74) is 0. The molecule has 0 aliphatic carbocycles. The minimum Gasteiger partial charge on any atom is -0.351 e. The largest absolute Gasteiger partial charge is 0.351 e. The Labute approximate surface area is 83.1 Å². The van der Waals surface area contributed by atoms with Gasteiger partial charge in [-0.25, -0.2) is 0 Å². The summed E-state index contributed by atoms with van der Waals surface area (Å²) < 4.78 is -0.558. The molecular weight excluding hydrogens is 190 g/mol. The molecule has 0 atom stereocenters. The second-order valence-electron chi connectivity index (χ2n) is 2.54. The van der Waals surface area contributed by atoms with Gasteiger partial charge in [0.15, 0.2) is 0 Å². The van der Waals surface area contributed by atoms with Crippen molar-refractivity contribution in [2.75, 3.05) is 6.54 Å². The number of hydrogen-bond acceptors (Lipinski definition) is 4. The van der Waals surface area contributed by atoms with E-state index in [-0.39, 0.29) is 0 Å². The summed E-state index contributed by atoms with van der Waals surface area (Å²) in [6.45, 7) is 0.650. The summed E-state index contributed by atoms with van der Waals surface area (Å²) in [7, 11) is 0. The zero-order chi connectivity index (χ0) is 9.03. The highest BCUT2D eigenvalue weighted by molar-refractivity contribution is 8.00. The van der Waals surface area contributed by atoms with Crippen LogP contribution in [0, 0.1) is 0 Å². The second-order valence-corrected chi connectivity index (χ2v) is 4.25. The van der Waals surface area contributed by atoms with Crippen LogP contribution in [0.25, 0.3) is 0 Å². The predicted molar refractivity (Wildman–Crippen MR) is 56.4 cm³/mol. The van der Waals surface area contributed by atoms with Crippen LogP contribution in [0.2, 0.25) is 0 Å². The van der Waals surface area contributed by atoms with Crippen LogP contribution in [0.4, 0.5) is 0 Å².